The molecule has 0 aromatic carbocycles. The summed E-state index contributed by atoms with van der Waals surface area (Å²) in [6.07, 6.45) is -104. The minimum Gasteiger partial charge on any atom is -0.432 e. The fourth-order valence-corrected chi connectivity index (χ4v) is 18.4. The molecule has 0 saturated carbocycles. The van der Waals surface area contributed by atoms with E-state index in [1.807, 2.05) is 16.0 Å². The fraction of sp³-hybridized carbons (Fsp3) is 0.909. The van der Waals surface area contributed by atoms with Crippen LogP contribution >= 0.6 is 0 Å². The molecule has 5 amide bonds. The number of amides is 5. The summed E-state index contributed by atoms with van der Waals surface area (Å²) >= 11 is 0. The minimum absolute atomic E-state index is 0.615. The molecule has 9 aliphatic rings. The quantitative estimate of drug-likeness (QED) is 0.0377. The summed E-state index contributed by atoms with van der Waals surface area (Å²) in [6.45, 7) is -10.4. The van der Waals surface area contributed by atoms with Crippen LogP contribution in [0.3, 0.4) is 0 Å². The van der Waals surface area contributed by atoms with Crippen molar-refractivity contribution < 1.29 is 240 Å². The van der Waals surface area contributed by atoms with Crippen LogP contribution in [0.4, 0.5) is 0 Å². The summed E-state index contributed by atoms with van der Waals surface area (Å²) < 4.78 is 58.2. The Morgan fingerprint density at radius 1 is 0.342 bits per heavy atom. The molecule has 9 heterocycles. The van der Waals surface area contributed by atoms with Crippen molar-refractivity contribution in [3.63, 3.8) is 0 Å². The summed E-state index contributed by atoms with van der Waals surface area (Å²) in [6, 6.07) is -12.9. The standard InChI is InChI=1S/C66H110N6O48/c1-14(81)69-28-44(97)63(107,25(12-79)115-50(28)60(104)26(13-80)118-58(31(45(60)98)72-17(4)84)120-57(103)18(67)5-27(68)85)56-49(102)64(108,59-66(110,47(100)35(89)22(9-76)114-59)52-30(71-16(3)83)43(96)62(106,24(11-78)117-52)54-39(93)37(91)33(87)20(7-74)112-54)48(101)41(119-56)40(94)55-65(109,46(99)34(88)21(8-75)113-55)51-29(70-15(2)82)42(95)61(105,23(10-77)116-51)53-38(92)36(90)32(86)19(6-73)111-53/h18-26,28-56,58-59,73-80,86-102,104-110H,5-13,67H2,1-4H3,(H2,68,85)(H,69,81)(H,70,82)(H,71,83)(H,72,84)/t18-,19+,20+,21+,22+,23+,24+,25+,26+,28+,29+,30+,31+,32-,33-,34+,35+,36-,37-,38+,39+,40?,41+,42+,43+,44+,45+,46-,47-,48+,49+,50+,51+,52+,53+,54+,55+,56+,58-,59+,60+,61+,62+,63+,64-,65+,66+/m0/s1. The summed E-state index contributed by atoms with van der Waals surface area (Å²) in [5, 5.41) is 397. The SMILES string of the molecule is CC(=O)N[C@@H]1[C@@H](O)[C@@](O)([C@@H]2O[C@H](C(O)[C@H]3O[C@H](CO)[C@@H](O)[C@H](O)[C@@]3(O)[C@@H]3O[C@H](CO)[C@](O)([C@@H]4O[C@H](CO)[C@H](O)[C@H](O)[C@H]4O)[C@H](O)[C@H]3NC(C)=O)[C@@H](O)[C@@](O)([C@H]3O[C@H](CO)[C@@H](O)[C@H](O)[C@@]3(O)[C@@H]3O[C@H](CO)[C@](O)([C@@H]4O[C@H](CO)[C@H](O)[C@H](O)[C@H]4O)[C@H](O)[C@H]3NC(C)=O)[C@@H]2O)[C@@H](CO)O[C@H]1[C@]1(O)[C@H](O)[C@@H](NC(C)=O)[C@H](OC(=O)[C@@H](N)CC(N)=O)O[C@@H]1CO. The van der Waals surface area contributed by atoms with Gasteiger partial charge < -0.3 is 244 Å². The van der Waals surface area contributed by atoms with Gasteiger partial charge in [0.15, 0.2) is 11.2 Å². The van der Waals surface area contributed by atoms with Crippen molar-refractivity contribution in [2.75, 3.05) is 52.9 Å². The fourth-order valence-electron chi connectivity index (χ4n) is 18.4. The van der Waals surface area contributed by atoms with Crippen LogP contribution < -0.4 is 32.7 Å². The van der Waals surface area contributed by atoms with E-state index in [0.29, 0.717) is 20.8 Å². The largest absolute Gasteiger partial charge is 0.432 e. The third kappa shape index (κ3) is 16.1. The van der Waals surface area contributed by atoms with Gasteiger partial charge in [0.25, 0.3) is 0 Å². The maximum atomic E-state index is 14.3. The molecular weight excluding hydrogens is 1640 g/mol. The number of esters is 1. The van der Waals surface area contributed by atoms with Gasteiger partial charge >= 0.3 is 5.97 Å². The van der Waals surface area contributed by atoms with Gasteiger partial charge in [-0.1, -0.05) is 0 Å². The summed E-state index contributed by atoms with van der Waals surface area (Å²) in [5.74, 6) is -8.19. The first-order valence-electron chi connectivity index (χ1n) is 37.5. The van der Waals surface area contributed by atoms with Crippen molar-refractivity contribution in [3.05, 3.63) is 0 Å². The Labute approximate surface area is 676 Å². The van der Waals surface area contributed by atoms with E-state index in [0.717, 1.165) is 6.92 Å². The first kappa shape index (κ1) is 98.9. The highest BCUT2D eigenvalue weighted by Crippen LogP contribution is 2.55. The average Bonchev–Trinajstić information content (AvgIpc) is 0.682. The molecule has 0 aliphatic carbocycles. The number of primary amides is 1. The number of ether oxygens (including phenoxy) is 10. The molecule has 47 atom stereocenters. The lowest BCUT2D eigenvalue weighted by atomic mass is 9.60. The lowest BCUT2D eigenvalue weighted by Crippen LogP contribution is -2.90. The van der Waals surface area contributed by atoms with E-state index in [4.69, 9.17) is 58.8 Å². The van der Waals surface area contributed by atoms with Gasteiger partial charge in [-0.05, 0) is 0 Å². The number of nitrogens with two attached hydrogens (primary N) is 2. The summed E-state index contributed by atoms with van der Waals surface area (Å²) in [7, 11) is 0. The van der Waals surface area contributed by atoms with E-state index in [-0.39, 0.29) is 0 Å². The smallest absolute Gasteiger partial charge is 0.325 e. The van der Waals surface area contributed by atoms with Crippen LogP contribution in [-0.4, -0.2) is 535 Å². The molecule has 9 aliphatic heterocycles. The number of carbonyl (C=O) groups is 6. The van der Waals surface area contributed by atoms with Gasteiger partial charge in [-0.3, -0.25) is 28.8 Å². The van der Waals surface area contributed by atoms with E-state index in [1.54, 1.807) is 0 Å². The second kappa shape index (κ2) is 37.2. The first-order valence-corrected chi connectivity index (χ1v) is 37.5. The van der Waals surface area contributed by atoms with Crippen LogP contribution in [-0.2, 0) is 76.1 Å². The molecule has 0 radical (unpaired) electrons. The maximum absolute atomic E-state index is 14.3. The average molecular weight is 1760 g/mol. The number of aliphatic hydroxyl groups is 32. The molecule has 9 saturated heterocycles. The molecule has 9 fully saturated rings. The Kier molecular flexibility index (Phi) is 30.7. The molecular formula is C66H110N6O48. The topological polar surface area (TPSA) is 942 Å². The molecule has 9 rings (SSSR count). The highest BCUT2D eigenvalue weighted by atomic mass is 16.7. The normalized spacial score (nSPS) is 51.3. The highest BCUT2D eigenvalue weighted by Gasteiger charge is 2.81. The predicted octanol–water partition coefficient (Wildman–Crippen LogP) is -26.2. The lowest BCUT2D eigenvalue weighted by Gasteiger charge is -2.65. The number of aliphatic hydroxyl groups excluding tert-OH is 25. The molecule has 54 nitrogen and oxygen atoms in total. The summed E-state index contributed by atoms with van der Waals surface area (Å²) in [4.78, 5) is 78.7. The molecule has 120 heavy (non-hydrogen) atoms. The van der Waals surface area contributed by atoms with E-state index < -0.39 is 378 Å². The zero-order valence-electron chi connectivity index (χ0n) is 64.0. The monoisotopic (exact) mass is 1750 g/mol. The Hall–Kier alpha value is -4.86. The second-order valence-electron chi connectivity index (χ2n) is 31.8. The minimum atomic E-state index is -4.77. The van der Waals surface area contributed by atoms with Crippen LogP contribution in [0.1, 0.15) is 34.1 Å². The van der Waals surface area contributed by atoms with Gasteiger partial charge in [-0.15, -0.1) is 0 Å². The predicted molar refractivity (Wildman–Crippen MR) is 370 cm³/mol. The van der Waals surface area contributed by atoms with E-state index >= 15 is 0 Å². The van der Waals surface area contributed by atoms with Gasteiger partial charge in [0.05, 0.1) is 77.4 Å². The van der Waals surface area contributed by atoms with E-state index in [9.17, 15) is 192 Å². The number of hydrogen-bond acceptors (Lipinski definition) is 49. The maximum Gasteiger partial charge on any atom is 0.325 e. The van der Waals surface area contributed by atoms with Crippen molar-refractivity contribution in [1.29, 1.82) is 0 Å². The summed E-state index contributed by atoms with van der Waals surface area (Å²) in [5.41, 5.74) is -17.7. The van der Waals surface area contributed by atoms with Crippen LogP contribution in [0.15, 0.2) is 0 Å². The van der Waals surface area contributed by atoms with Gasteiger partial charge in [0.2, 0.25) is 35.8 Å². The van der Waals surface area contributed by atoms with Crippen LogP contribution in [0.25, 0.3) is 0 Å². The number of rotatable bonds is 25. The van der Waals surface area contributed by atoms with Gasteiger partial charge in [0, 0.05) is 27.7 Å². The van der Waals surface area contributed by atoms with Crippen LogP contribution in [0.5, 0.6) is 0 Å². The molecule has 0 spiro atoms. The Balaban J connectivity index is 1.30. The van der Waals surface area contributed by atoms with Crippen molar-refractivity contribution in [2.24, 2.45) is 11.5 Å². The van der Waals surface area contributed by atoms with Crippen molar-refractivity contribution in [2.45, 2.75) is 317 Å². The van der Waals surface area contributed by atoms with E-state index in [1.165, 1.54) is 0 Å². The molecule has 692 valence electrons. The Bertz CT molecular complexity index is 3560. The van der Waals surface area contributed by atoms with E-state index in [2.05, 4.69) is 5.32 Å². The van der Waals surface area contributed by atoms with Crippen LogP contribution in [0.2, 0.25) is 0 Å². The zero-order valence-corrected chi connectivity index (χ0v) is 64.0. The molecule has 0 aromatic rings. The van der Waals surface area contributed by atoms with Crippen molar-refractivity contribution >= 4 is 35.5 Å². The molecule has 1 unspecified atom stereocenters. The molecule has 0 aromatic heterocycles. The van der Waals surface area contributed by atoms with Crippen molar-refractivity contribution in [3.8, 4) is 0 Å². The first-order chi connectivity index (χ1) is 55.8. The van der Waals surface area contributed by atoms with Crippen LogP contribution in [0, 0.1) is 0 Å². The lowest BCUT2D eigenvalue weighted by molar-refractivity contribution is -0.420. The Morgan fingerprint density at radius 2 is 0.667 bits per heavy atom. The third-order valence-electron chi connectivity index (χ3n) is 24.6. The van der Waals surface area contributed by atoms with Gasteiger partial charge in [0.1, 0.15) is 248 Å². The number of nitrogens with one attached hydrogen (secondary N) is 4. The van der Waals surface area contributed by atoms with Gasteiger partial charge in [-0.2, -0.15) is 0 Å². The molecule has 40 N–H and O–H groups in total. The second-order valence-corrected chi connectivity index (χ2v) is 31.8. The highest BCUT2D eigenvalue weighted by molar-refractivity contribution is 5.84. The third-order valence-corrected chi connectivity index (χ3v) is 24.6. The number of hydrogen-bond donors (Lipinski definition) is 38. The molecule has 0 bridgehead atoms. The van der Waals surface area contributed by atoms with Crippen molar-refractivity contribution in [1.82, 2.24) is 21.3 Å². The zero-order chi connectivity index (χ0) is 90.3. The van der Waals surface area contributed by atoms with Gasteiger partial charge in [-0.25, -0.2) is 0 Å². The molecule has 54 heteroatoms. The number of carbonyl (C=O) groups excluding carboxylic acids is 6. The Morgan fingerprint density at radius 3 is 1.04 bits per heavy atom.